The second-order valence-electron chi connectivity index (χ2n) is 14.8. The van der Waals surface area contributed by atoms with Gasteiger partial charge in [0.25, 0.3) is 40.0 Å². The molecule has 348 valence electrons. The van der Waals surface area contributed by atoms with E-state index in [9.17, 15) is 33.6 Å². The first-order valence-corrected chi connectivity index (χ1v) is 21.9. The lowest BCUT2D eigenvalue weighted by atomic mass is 10.1. The van der Waals surface area contributed by atoms with Crippen molar-refractivity contribution >= 4 is 97.3 Å². The Morgan fingerprint density at radius 3 is 0.657 bits per heavy atom. The van der Waals surface area contributed by atoms with Gasteiger partial charge in [0, 0.05) is 73.1 Å². The van der Waals surface area contributed by atoms with E-state index >= 15 is 0 Å². The summed E-state index contributed by atoms with van der Waals surface area (Å²) in [5.74, 6) is -1.24. The second-order valence-corrected chi connectivity index (χ2v) is 15.5. The normalized spacial score (nSPS) is 10.0. The van der Waals surface area contributed by atoms with Crippen LogP contribution in [0.4, 0.5) is 34.1 Å². The Morgan fingerprint density at radius 2 is 0.443 bits per heavy atom. The van der Waals surface area contributed by atoms with Crippen molar-refractivity contribution in [3.8, 4) is 0 Å². The lowest BCUT2D eigenvalue weighted by Crippen LogP contribution is -2.15. The first-order valence-electron chi connectivity index (χ1n) is 21.2. The summed E-state index contributed by atoms with van der Waals surface area (Å²) < 4.78 is 0. The highest BCUT2D eigenvalue weighted by molar-refractivity contribution is 6.68. The molecule has 8 rings (SSSR count). The number of benzene rings is 8. The quantitative estimate of drug-likeness (QED) is 0.0512. The van der Waals surface area contributed by atoms with Crippen molar-refractivity contribution in [1.82, 2.24) is 0 Å². The number of hydrogen-bond donors (Lipinski definition) is 6. The molecule has 0 atom stereocenters. The van der Waals surface area contributed by atoms with E-state index < -0.39 is 10.5 Å². The zero-order chi connectivity index (χ0) is 49.8. The Balaban J connectivity index is 0.000000232. The standard InChI is InChI=1S/C34H26N4O4.C13H12N2O.C8H4Cl2O2/c39-31(23-7-3-1-4-8-23)35-27-15-19-29(20-16-27)37-33(41)25-11-13-26(14-12-25)34(42)38-30-21-17-28(18-22-30)36-32(40)24-9-5-2-6-10-24;14-11-6-8-12(9-7-11)15-13(16)10-4-2-1-3-5-10;9-7(11)5-1-2-6(4-3-5)8(10)12/h1-22H,(H,35,39)(H,36,40)(H,37,41)(H,38,42);1-9H,14H2,(H,15,16);1-4H. The SMILES string of the molecule is Nc1ccc(NC(=O)c2ccccc2)cc1.O=C(Cl)c1ccc(C(=O)Cl)cc1.O=C(Nc1ccc(NC(=O)c2ccc(C(=O)Nc3ccc(NC(=O)c4ccccc4)cc3)cc2)cc1)c1ccccc1. The van der Waals surface area contributed by atoms with Crippen LogP contribution in [0.2, 0.25) is 0 Å². The van der Waals surface area contributed by atoms with Crippen molar-refractivity contribution in [2.45, 2.75) is 0 Å². The molecule has 5 amide bonds. The van der Waals surface area contributed by atoms with Gasteiger partial charge in [-0.15, -0.1) is 0 Å². The van der Waals surface area contributed by atoms with Crippen molar-refractivity contribution in [2.75, 3.05) is 32.3 Å². The molecule has 70 heavy (non-hydrogen) atoms. The Hall–Kier alpha value is -9.17. The minimum absolute atomic E-state index is 0.120. The average molecular weight is 970 g/mol. The first kappa shape index (κ1) is 50.2. The van der Waals surface area contributed by atoms with Crippen LogP contribution in [-0.4, -0.2) is 40.0 Å². The zero-order valence-corrected chi connectivity index (χ0v) is 38.4. The fourth-order valence-electron chi connectivity index (χ4n) is 6.13. The highest BCUT2D eigenvalue weighted by atomic mass is 35.5. The van der Waals surface area contributed by atoms with Gasteiger partial charge in [0.05, 0.1) is 0 Å². The third kappa shape index (κ3) is 15.5. The van der Waals surface area contributed by atoms with Crippen LogP contribution in [-0.2, 0) is 0 Å². The number of nitrogens with one attached hydrogen (secondary N) is 5. The molecule has 0 aliphatic carbocycles. The summed E-state index contributed by atoms with van der Waals surface area (Å²) >= 11 is 10.4. The average Bonchev–Trinajstić information content (AvgIpc) is 3.39. The molecule has 13 nitrogen and oxygen atoms in total. The highest BCUT2D eigenvalue weighted by Crippen LogP contribution is 2.19. The van der Waals surface area contributed by atoms with E-state index in [0.717, 1.165) is 5.69 Å². The molecule has 0 aliphatic heterocycles. The molecule has 0 saturated carbocycles. The van der Waals surface area contributed by atoms with Crippen LogP contribution >= 0.6 is 23.2 Å². The molecule has 8 aromatic carbocycles. The fourth-order valence-corrected chi connectivity index (χ4v) is 6.38. The van der Waals surface area contributed by atoms with Crippen LogP contribution in [0, 0.1) is 0 Å². The molecule has 15 heteroatoms. The van der Waals surface area contributed by atoms with E-state index in [4.69, 9.17) is 28.9 Å². The summed E-state index contributed by atoms with van der Waals surface area (Å²) in [5.41, 5.74) is 12.5. The number of nitrogen functional groups attached to an aromatic ring is 1. The Morgan fingerprint density at radius 1 is 0.257 bits per heavy atom. The summed E-state index contributed by atoms with van der Waals surface area (Å²) in [6, 6.07) is 59.6. The van der Waals surface area contributed by atoms with Gasteiger partial charge < -0.3 is 32.3 Å². The minimum atomic E-state index is -0.552. The van der Waals surface area contributed by atoms with Gasteiger partial charge in [-0.25, -0.2) is 0 Å². The second kappa shape index (κ2) is 25.1. The Kier molecular flexibility index (Phi) is 18.0. The van der Waals surface area contributed by atoms with E-state index in [0.29, 0.717) is 67.4 Å². The summed E-state index contributed by atoms with van der Waals surface area (Å²) in [7, 11) is 0. The summed E-state index contributed by atoms with van der Waals surface area (Å²) in [6.45, 7) is 0. The molecule has 0 heterocycles. The maximum Gasteiger partial charge on any atom is 0.255 e. The Bertz CT molecular complexity index is 2910. The van der Waals surface area contributed by atoms with Crippen molar-refractivity contribution in [3.05, 3.63) is 251 Å². The molecule has 0 spiro atoms. The summed E-state index contributed by atoms with van der Waals surface area (Å²) in [4.78, 5) is 83.0. The highest BCUT2D eigenvalue weighted by Gasteiger charge is 2.12. The number of nitrogens with two attached hydrogens (primary N) is 1. The topological polar surface area (TPSA) is 206 Å². The minimum Gasteiger partial charge on any atom is -0.399 e. The molecule has 0 aliphatic rings. The molecule has 0 bridgehead atoms. The van der Waals surface area contributed by atoms with Gasteiger partial charge in [0.2, 0.25) is 0 Å². The lowest BCUT2D eigenvalue weighted by Gasteiger charge is -2.10. The molecule has 0 aromatic heterocycles. The third-order valence-corrected chi connectivity index (χ3v) is 10.3. The van der Waals surface area contributed by atoms with Gasteiger partial charge >= 0.3 is 0 Å². The number of rotatable bonds is 12. The van der Waals surface area contributed by atoms with Gasteiger partial charge in [0.15, 0.2) is 0 Å². The number of halogens is 2. The van der Waals surface area contributed by atoms with E-state index in [1.807, 2.05) is 30.3 Å². The van der Waals surface area contributed by atoms with E-state index in [-0.39, 0.29) is 29.5 Å². The Labute approximate surface area is 412 Å². The summed E-state index contributed by atoms with van der Waals surface area (Å²) in [6.07, 6.45) is 0. The van der Waals surface area contributed by atoms with Crippen LogP contribution in [0.25, 0.3) is 0 Å². The predicted molar refractivity (Wildman–Crippen MR) is 276 cm³/mol. The summed E-state index contributed by atoms with van der Waals surface area (Å²) in [5, 5.41) is 12.9. The third-order valence-electron chi connectivity index (χ3n) is 9.83. The van der Waals surface area contributed by atoms with Crippen LogP contribution in [0.15, 0.2) is 212 Å². The molecule has 0 radical (unpaired) electrons. The first-order chi connectivity index (χ1) is 33.8. The van der Waals surface area contributed by atoms with Gasteiger partial charge in [-0.3, -0.25) is 33.6 Å². The molecule has 0 fully saturated rings. The number of anilines is 6. The van der Waals surface area contributed by atoms with Crippen LogP contribution < -0.4 is 32.3 Å². The van der Waals surface area contributed by atoms with Crippen LogP contribution in [0.3, 0.4) is 0 Å². The molecular weight excluding hydrogens is 928 g/mol. The van der Waals surface area contributed by atoms with E-state index in [1.54, 1.807) is 158 Å². The zero-order valence-electron chi connectivity index (χ0n) is 36.9. The van der Waals surface area contributed by atoms with E-state index in [1.165, 1.54) is 24.3 Å². The predicted octanol–water partition coefficient (Wildman–Crippen LogP) is 11.7. The fraction of sp³-hybridized carbons (Fsp3) is 0. The maximum atomic E-state index is 12.7. The number of hydrogen-bond acceptors (Lipinski definition) is 8. The smallest absolute Gasteiger partial charge is 0.255 e. The molecule has 0 unspecified atom stereocenters. The van der Waals surface area contributed by atoms with Gasteiger partial charge in [0.1, 0.15) is 0 Å². The van der Waals surface area contributed by atoms with Crippen molar-refractivity contribution in [2.24, 2.45) is 0 Å². The molecule has 8 aromatic rings. The number of carbonyl (C=O) groups is 7. The van der Waals surface area contributed by atoms with Gasteiger partial charge in [-0.1, -0.05) is 54.6 Å². The van der Waals surface area contributed by atoms with E-state index in [2.05, 4.69) is 26.6 Å². The van der Waals surface area contributed by atoms with Gasteiger partial charge in [-0.05, 0) is 181 Å². The van der Waals surface area contributed by atoms with Crippen LogP contribution in [0.5, 0.6) is 0 Å². The lowest BCUT2D eigenvalue weighted by molar-refractivity contribution is 0.101. The van der Waals surface area contributed by atoms with Crippen molar-refractivity contribution in [3.63, 3.8) is 0 Å². The van der Waals surface area contributed by atoms with Crippen molar-refractivity contribution < 1.29 is 33.6 Å². The number of carbonyl (C=O) groups excluding carboxylic acids is 7. The molecular formula is C55H42Cl2N6O7. The largest absolute Gasteiger partial charge is 0.399 e. The monoisotopic (exact) mass is 968 g/mol. The maximum absolute atomic E-state index is 12.7. The molecule has 0 saturated heterocycles. The number of amides is 5. The van der Waals surface area contributed by atoms with Crippen LogP contribution in [0.1, 0.15) is 72.5 Å². The molecule has 7 N–H and O–H groups in total. The van der Waals surface area contributed by atoms with Crippen molar-refractivity contribution in [1.29, 1.82) is 0 Å². The van der Waals surface area contributed by atoms with Gasteiger partial charge in [-0.2, -0.15) is 0 Å².